The zero-order valence-corrected chi connectivity index (χ0v) is 11.2. The Labute approximate surface area is 117 Å². The molecule has 20 heavy (non-hydrogen) atoms. The molecule has 2 aromatic rings. The summed E-state index contributed by atoms with van der Waals surface area (Å²) in [5.41, 5.74) is 1.24. The van der Waals surface area contributed by atoms with Crippen LogP contribution in [0.5, 0.6) is 0 Å². The summed E-state index contributed by atoms with van der Waals surface area (Å²) in [5.74, 6) is -0.794. The van der Waals surface area contributed by atoms with Crippen molar-refractivity contribution in [2.24, 2.45) is 0 Å². The summed E-state index contributed by atoms with van der Waals surface area (Å²) in [5, 5.41) is 10.6. The van der Waals surface area contributed by atoms with Crippen LogP contribution in [0.15, 0.2) is 18.3 Å². The minimum absolute atomic E-state index is 0.0763. The molecule has 0 radical (unpaired) electrons. The van der Waals surface area contributed by atoms with Gasteiger partial charge in [-0.05, 0) is 18.1 Å². The van der Waals surface area contributed by atoms with E-state index in [1.807, 2.05) is 6.92 Å². The predicted molar refractivity (Wildman–Crippen MR) is 71.5 cm³/mol. The normalized spacial score (nSPS) is 13.1. The first-order valence-corrected chi connectivity index (χ1v) is 6.71. The Hall–Kier alpha value is -2.41. The lowest BCUT2D eigenvalue weighted by Gasteiger charge is -2.13. The monoisotopic (exact) mass is 288 g/mol. The third-order valence-corrected chi connectivity index (χ3v) is 4.25. The molecule has 0 N–H and O–H groups in total. The lowest BCUT2D eigenvalue weighted by Crippen LogP contribution is -2.20. The molecule has 0 unspecified atom stereocenters. The zero-order chi connectivity index (χ0) is 14.4. The van der Waals surface area contributed by atoms with Crippen LogP contribution >= 0.6 is 11.3 Å². The summed E-state index contributed by atoms with van der Waals surface area (Å²) in [6, 6.07) is 2.79. The first-order valence-electron chi connectivity index (χ1n) is 5.89. The lowest BCUT2D eigenvalue weighted by molar-refractivity contribution is -0.380. The number of carbonyl (C=O) groups excluding carboxylic acids is 2. The molecular formula is C13H8N2O4S. The molecule has 2 aromatic heterocycles. The fourth-order valence-corrected chi connectivity index (χ4v) is 3.04. The maximum Gasteiger partial charge on any atom is 0.325 e. The maximum atomic E-state index is 12.4. The van der Waals surface area contributed by atoms with Crippen LogP contribution in [0.3, 0.4) is 0 Å². The number of rotatable bonds is 2. The predicted octanol–water partition coefficient (Wildman–Crippen LogP) is 2.39. The van der Waals surface area contributed by atoms with Gasteiger partial charge < -0.3 is 0 Å². The molecule has 0 saturated carbocycles. The van der Waals surface area contributed by atoms with Gasteiger partial charge in [0.25, 0.3) is 0 Å². The molecule has 0 aliphatic heterocycles. The largest absolute Gasteiger partial charge is 0.325 e. The molecular weight excluding hydrogens is 280 g/mol. The number of thiophene rings is 1. The molecule has 0 saturated heterocycles. The van der Waals surface area contributed by atoms with E-state index in [2.05, 4.69) is 4.98 Å². The van der Waals surface area contributed by atoms with Gasteiger partial charge in [0.15, 0.2) is 0 Å². The van der Waals surface area contributed by atoms with E-state index in [1.165, 1.54) is 0 Å². The minimum atomic E-state index is -0.598. The lowest BCUT2D eigenvalue weighted by atomic mass is 9.92. The number of aryl methyl sites for hydroxylation is 1. The molecule has 0 aromatic carbocycles. The Kier molecular flexibility index (Phi) is 2.72. The number of fused-ring (bicyclic) bond motifs is 2. The van der Waals surface area contributed by atoms with E-state index >= 15 is 0 Å². The fourth-order valence-electron chi connectivity index (χ4n) is 2.11. The number of nitrogens with zero attached hydrogens (tertiary/aromatic N) is 2. The van der Waals surface area contributed by atoms with E-state index in [9.17, 15) is 19.7 Å². The molecule has 0 fully saturated rings. The van der Waals surface area contributed by atoms with Crippen LogP contribution in [0.1, 0.15) is 43.8 Å². The molecule has 6 nitrogen and oxygen atoms in total. The van der Waals surface area contributed by atoms with Gasteiger partial charge in [0.05, 0.1) is 20.9 Å². The van der Waals surface area contributed by atoms with Crippen LogP contribution in [0.4, 0.5) is 5.00 Å². The van der Waals surface area contributed by atoms with Gasteiger partial charge in [-0.3, -0.25) is 24.7 Å². The number of hydrogen-bond acceptors (Lipinski definition) is 6. The summed E-state index contributed by atoms with van der Waals surface area (Å²) in [7, 11) is 0. The Morgan fingerprint density at radius 2 is 2.00 bits per heavy atom. The van der Waals surface area contributed by atoms with Gasteiger partial charge >= 0.3 is 5.00 Å². The maximum absolute atomic E-state index is 12.4. The van der Waals surface area contributed by atoms with Gasteiger partial charge in [-0.15, -0.1) is 0 Å². The second-order valence-corrected chi connectivity index (χ2v) is 5.37. The van der Waals surface area contributed by atoms with Crippen molar-refractivity contribution in [2.75, 3.05) is 0 Å². The van der Waals surface area contributed by atoms with Crippen molar-refractivity contribution in [2.45, 2.75) is 13.3 Å². The standard InChI is InChI=1S/C13H8N2O4S/c1-2-6-3-7-10(14-5-6)11(16)8-4-9(15(18)19)20-13(8)12(7)17/h3-5H,2H2,1H3. The Morgan fingerprint density at radius 1 is 1.25 bits per heavy atom. The van der Waals surface area contributed by atoms with Crippen LogP contribution in [-0.4, -0.2) is 21.5 Å². The zero-order valence-electron chi connectivity index (χ0n) is 10.4. The second kappa shape index (κ2) is 4.31. The highest BCUT2D eigenvalue weighted by molar-refractivity contribution is 7.17. The molecule has 2 heterocycles. The van der Waals surface area contributed by atoms with Gasteiger partial charge in [0.1, 0.15) is 5.69 Å². The number of nitro groups is 1. The molecule has 0 spiro atoms. The van der Waals surface area contributed by atoms with Crippen LogP contribution in [0.25, 0.3) is 0 Å². The van der Waals surface area contributed by atoms with Crippen LogP contribution in [0, 0.1) is 10.1 Å². The number of ketones is 2. The smallest absolute Gasteiger partial charge is 0.288 e. The first-order chi connectivity index (χ1) is 9.52. The van der Waals surface area contributed by atoms with E-state index in [0.29, 0.717) is 6.42 Å². The van der Waals surface area contributed by atoms with E-state index in [-0.39, 0.29) is 32.5 Å². The summed E-state index contributed by atoms with van der Waals surface area (Å²) >= 11 is 0.735. The number of carbonyl (C=O) groups is 2. The summed E-state index contributed by atoms with van der Waals surface area (Å²) in [4.78, 5) is 39.0. The van der Waals surface area contributed by atoms with E-state index in [1.54, 1.807) is 12.3 Å². The fraction of sp³-hybridized carbons (Fsp3) is 0.154. The van der Waals surface area contributed by atoms with Gasteiger partial charge in [0, 0.05) is 12.3 Å². The Morgan fingerprint density at radius 3 is 2.65 bits per heavy atom. The summed E-state index contributed by atoms with van der Waals surface area (Å²) < 4.78 is 0. The minimum Gasteiger partial charge on any atom is -0.288 e. The number of aromatic nitrogens is 1. The second-order valence-electron chi connectivity index (χ2n) is 4.34. The van der Waals surface area contributed by atoms with Crippen LogP contribution in [0.2, 0.25) is 0 Å². The van der Waals surface area contributed by atoms with Crippen molar-refractivity contribution in [3.63, 3.8) is 0 Å². The summed E-state index contributed by atoms with van der Waals surface area (Å²) in [6.07, 6.45) is 2.25. The van der Waals surface area contributed by atoms with E-state index in [0.717, 1.165) is 23.0 Å². The molecule has 0 bridgehead atoms. The van der Waals surface area contributed by atoms with Crippen molar-refractivity contribution in [3.8, 4) is 0 Å². The average Bonchev–Trinajstić information content (AvgIpc) is 2.90. The van der Waals surface area contributed by atoms with E-state index < -0.39 is 10.7 Å². The molecule has 1 aliphatic rings. The summed E-state index contributed by atoms with van der Waals surface area (Å²) in [6.45, 7) is 1.92. The Bertz CT molecular complexity index is 779. The molecule has 0 atom stereocenters. The van der Waals surface area contributed by atoms with Crippen molar-refractivity contribution in [3.05, 3.63) is 55.7 Å². The number of hydrogen-bond donors (Lipinski definition) is 0. The number of pyridine rings is 1. The highest BCUT2D eigenvalue weighted by Gasteiger charge is 2.35. The van der Waals surface area contributed by atoms with Crippen molar-refractivity contribution < 1.29 is 14.5 Å². The van der Waals surface area contributed by atoms with Crippen molar-refractivity contribution in [1.29, 1.82) is 0 Å². The molecule has 1 aliphatic carbocycles. The van der Waals surface area contributed by atoms with Crippen molar-refractivity contribution in [1.82, 2.24) is 4.98 Å². The molecule has 7 heteroatoms. The van der Waals surface area contributed by atoms with Crippen molar-refractivity contribution >= 4 is 27.9 Å². The highest BCUT2D eigenvalue weighted by Crippen LogP contribution is 2.36. The van der Waals surface area contributed by atoms with Gasteiger partial charge in [-0.2, -0.15) is 0 Å². The SMILES string of the molecule is CCc1cnc2c(c1)C(=O)c1sc([N+](=O)[O-])cc1C2=O. The Balaban J connectivity index is 2.22. The quantitative estimate of drug-likeness (QED) is 0.533. The molecule has 100 valence electrons. The highest BCUT2D eigenvalue weighted by atomic mass is 32.1. The molecule has 3 rings (SSSR count). The van der Waals surface area contributed by atoms with Gasteiger partial charge in [0.2, 0.25) is 11.6 Å². The topological polar surface area (TPSA) is 90.2 Å². The third-order valence-electron chi connectivity index (χ3n) is 3.16. The molecule has 0 amide bonds. The third kappa shape index (κ3) is 1.67. The van der Waals surface area contributed by atoms with Gasteiger partial charge in [-0.25, -0.2) is 0 Å². The van der Waals surface area contributed by atoms with Gasteiger partial charge in [-0.1, -0.05) is 18.3 Å². The van der Waals surface area contributed by atoms with Crippen LogP contribution in [-0.2, 0) is 6.42 Å². The average molecular weight is 288 g/mol. The first kappa shape index (κ1) is 12.6. The van der Waals surface area contributed by atoms with E-state index in [4.69, 9.17) is 0 Å². The van der Waals surface area contributed by atoms with Crippen LogP contribution < -0.4 is 0 Å².